The van der Waals surface area contributed by atoms with Crippen LogP contribution in [-0.4, -0.2) is 48.1 Å². The zero-order valence-electron chi connectivity index (χ0n) is 11.0. The molecule has 2 aliphatic rings. The minimum absolute atomic E-state index is 0.225. The summed E-state index contributed by atoms with van der Waals surface area (Å²) in [4.78, 5) is 18.2. The molecule has 1 aromatic rings. The first-order chi connectivity index (χ1) is 9.26. The van der Waals surface area contributed by atoms with Gasteiger partial charge in [-0.15, -0.1) is 0 Å². The minimum Gasteiger partial charge on any atom is -0.384 e. The Morgan fingerprint density at radius 2 is 2.32 bits per heavy atom. The molecule has 1 saturated heterocycles. The number of aromatic nitrogens is 2. The fourth-order valence-electron chi connectivity index (χ4n) is 2.06. The number of nitrogens with zero attached hydrogens (tertiary/aromatic N) is 3. The van der Waals surface area contributed by atoms with E-state index in [0.717, 1.165) is 43.3 Å². The van der Waals surface area contributed by atoms with Gasteiger partial charge in [0.05, 0.1) is 12.6 Å². The van der Waals surface area contributed by atoms with Gasteiger partial charge in [0.1, 0.15) is 5.82 Å². The smallest absolute Gasteiger partial charge is 0.223 e. The van der Waals surface area contributed by atoms with Gasteiger partial charge in [-0.2, -0.15) is 4.37 Å². The zero-order valence-corrected chi connectivity index (χ0v) is 11.8. The number of rotatable bonds is 6. The summed E-state index contributed by atoms with van der Waals surface area (Å²) < 4.78 is 9.31. The Labute approximate surface area is 116 Å². The first-order valence-corrected chi connectivity index (χ1v) is 7.40. The van der Waals surface area contributed by atoms with E-state index >= 15 is 0 Å². The number of ether oxygens (including phenoxy) is 1. The van der Waals surface area contributed by atoms with Gasteiger partial charge in [-0.1, -0.05) is 0 Å². The second-order valence-corrected chi connectivity index (χ2v) is 5.85. The molecule has 1 aliphatic heterocycles. The Hall–Kier alpha value is -1.21. The summed E-state index contributed by atoms with van der Waals surface area (Å²) in [6, 6.07) is 0.277. The Balaban J connectivity index is 1.44. The van der Waals surface area contributed by atoms with Crippen LogP contribution in [0.2, 0.25) is 0 Å². The summed E-state index contributed by atoms with van der Waals surface area (Å²) >= 11 is 1.42. The molecule has 7 heteroatoms. The molecule has 1 aliphatic carbocycles. The molecule has 104 valence electrons. The lowest BCUT2D eigenvalue weighted by atomic mass is 10.1. The van der Waals surface area contributed by atoms with Crippen molar-refractivity contribution in [2.75, 3.05) is 31.7 Å². The molecule has 0 radical (unpaired) electrons. The second kappa shape index (κ2) is 5.42. The van der Waals surface area contributed by atoms with Gasteiger partial charge in [-0.3, -0.25) is 4.79 Å². The highest BCUT2D eigenvalue weighted by atomic mass is 32.1. The van der Waals surface area contributed by atoms with Gasteiger partial charge in [-0.25, -0.2) is 4.98 Å². The maximum absolute atomic E-state index is 11.6. The van der Waals surface area contributed by atoms with Crippen LogP contribution in [0, 0.1) is 5.92 Å². The molecule has 1 N–H and O–H groups in total. The molecule has 0 aromatic carbocycles. The summed E-state index contributed by atoms with van der Waals surface area (Å²) in [6.07, 6.45) is 2.87. The van der Waals surface area contributed by atoms with Crippen molar-refractivity contribution in [2.45, 2.75) is 25.3 Å². The second-order valence-electron chi connectivity index (χ2n) is 5.12. The van der Waals surface area contributed by atoms with Gasteiger partial charge >= 0.3 is 0 Å². The molecular formula is C12H18N4O2S. The summed E-state index contributed by atoms with van der Waals surface area (Å²) in [6.45, 7) is 2.34. The van der Waals surface area contributed by atoms with Crippen LogP contribution in [-0.2, 0) is 16.0 Å². The van der Waals surface area contributed by atoms with E-state index in [9.17, 15) is 4.79 Å². The number of methoxy groups -OCH3 is 1. The van der Waals surface area contributed by atoms with Gasteiger partial charge in [0.15, 0.2) is 0 Å². The fourth-order valence-corrected chi connectivity index (χ4v) is 2.79. The van der Waals surface area contributed by atoms with Gasteiger partial charge in [0.25, 0.3) is 0 Å². The van der Waals surface area contributed by atoms with Gasteiger partial charge in [0, 0.05) is 44.1 Å². The third-order valence-corrected chi connectivity index (χ3v) is 4.25. The number of hydrogen-bond donors (Lipinski definition) is 1. The lowest BCUT2D eigenvalue weighted by Gasteiger charge is -2.39. The van der Waals surface area contributed by atoms with Gasteiger partial charge in [-0.05, 0) is 12.8 Å². The van der Waals surface area contributed by atoms with Crippen LogP contribution in [0.5, 0.6) is 0 Å². The average molecular weight is 282 g/mol. The van der Waals surface area contributed by atoms with Crippen molar-refractivity contribution in [3.8, 4) is 0 Å². The van der Waals surface area contributed by atoms with Crippen molar-refractivity contribution in [3.63, 3.8) is 0 Å². The van der Waals surface area contributed by atoms with Crippen molar-refractivity contribution in [1.29, 1.82) is 0 Å². The van der Waals surface area contributed by atoms with Crippen LogP contribution in [0.4, 0.5) is 5.13 Å². The maximum Gasteiger partial charge on any atom is 0.223 e. The van der Waals surface area contributed by atoms with Crippen molar-refractivity contribution in [3.05, 3.63) is 5.82 Å². The normalized spacial score (nSPS) is 19.3. The number of hydrogen-bond acceptors (Lipinski definition) is 6. The fraction of sp³-hybridized carbons (Fsp3) is 0.750. The third kappa shape index (κ3) is 3.03. The van der Waals surface area contributed by atoms with Crippen LogP contribution in [0.1, 0.15) is 18.7 Å². The number of nitrogens with one attached hydrogen (secondary N) is 1. The van der Waals surface area contributed by atoms with Crippen LogP contribution >= 0.6 is 11.5 Å². The monoisotopic (exact) mass is 282 g/mol. The SMILES string of the molecule is COCCc1nsc(N2CC(NC(=O)C3CC3)C2)n1. The molecule has 0 atom stereocenters. The molecular weight excluding hydrogens is 264 g/mol. The van der Waals surface area contributed by atoms with E-state index in [1.807, 2.05) is 0 Å². The van der Waals surface area contributed by atoms with E-state index in [1.165, 1.54) is 11.5 Å². The van der Waals surface area contributed by atoms with Gasteiger partial charge in [0.2, 0.25) is 11.0 Å². The first kappa shape index (κ1) is 12.8. The highest BCUT2D eigenvalue weighted by molar-refractivity contribution is 7.09. The van der Waals surface area contributed by atoms with Crippen LogP contribution in [0.25, 0.3) is 0 Å². The lowest BCUT2D eigenvalue weighted by Crippen LogP contribution is -2.59. The van der Waals surface area contributed by atoms with Crippen molar-refractivity contribution < 1.29 is 9.53 Å². The Morgan fingerprint density at radius 1 is 1.53 bits per heavy atom. The summed E-state index contributed by atoms with van der Waals surface area (Å²) in [5, 5.41) is 4.02. The van der Waals surface area contributed by atoms with Crippen LogP contribution in [0.3, 0.4) is 0 Å². The number of anilines is 1. The largest absolute Gasteiger partial charge is 0.384 e. The predicted octanol–water partition coefficient (Wildman–Crippen LogP) is 0.442. The van der Waals surface area contributed by atoms with E-state index < -0.39 is 0 Å². The molecule has 1 amide bonds. The van der Waals surface area contributed by atoms with E-state index in [0.29, 0.717) is 6.61 Å². The van der Waals surface area contributed by atoms with Crippen molar-refractivity contribution >= 4 is 22.6 Å². The molecule has 1 aromatic heterocycles. The number of carbonyl (C=O) groups is 1. The highest BCUT2D eigenvalue weighted by Gasteiger charge is 2.35. The molecule has 19 heavy (non-hydrogen) atoms. The summed E-state index contributed by atoms with van der Waals surface area (Å²) in [7, 11) is 1.68. The molecule has 2 fully saturated rings. The topological polar surface area (TPSA) is 67.3 Å². The number of carbonyl (C=O) groups excluding carboxylic acids is 1. The Kier molecular flexibility index (Phi) is 3.65. The van der Waals surface area contributed by atoms with E-state index in [-0.39, 0.29) is 17.9 Å². The molecule has 3 rings (SSSR count). The summed E-state index contributed by atoms with van der Waals surface area (Å²) in [5.41, 5.74) is 0. The molecule has 0 bridgehead atoms. The Bertz CT molecular complexity index is 454. The predicted molar refractivity (Wildman–Crippen MR) is 72.4 cm³/mol. The third-order valence-electron chi connectivity index (χ3n) is 3.43. The lowest BCUT2D eigenvalue weighted by molar-refractivity contribution is -0.123. The molecule has 2 heterocycles. The maximum atomic E-state index is 11.6. The molecule has 0 spiro atoms. The molecule has 1 saturated carbocycles. The quantitative estimate of drug-likeness (QED) is 0.820. The molecule has 6 nitrogen and oxygen atoms in total. The Morgan fingerprint density at radius 3 is 3.00 bits per heavy atom. The van der Waals surface area contributed by atoms with Crippen molar-refractivity contribution in [1.82, 2.24) is 14.7 Å². The number of amides is 1. The molecule has 0 unspecified atom stereocenters. The average Bonchev–Trinajstić information content (AvgIpc) is 3.11. The van der Waals surface area contributed by atoms with E-state index in [1.54, 1.807) is 7.11 Å². The minimum atomic E-state index is 0.225. The standard InChI is InChI=1S/C12H18N4O2S/c1-18-5-4-10-14-12(19-15-10)16-6-9(7-16)13-11(17)8-2-3-8/h8-9H,2-7H2,1H3,(H,13,17). The van der Waals surface area contributed by atoms with Crippen molar-refractivity contribution in [2.24, 2.45) is 5.92 Å². The van der Waals surface area contributed by atoms with E-state index in [2.05, 4.69) is 19.6 Å². The summed E-state index contributed by atoms with van der Waals surface area (Å²) in [5.74, 6) is 1.35. The van der Waals surface area contributed by atoms with Gasteiger partial charge < -0.3 is 15.0 Å². The first-order valence-electron chi connectivity index (χ1n) is 6.63. The highest BCUT2D eigenvalue weighted by Crippen LogP contribution is 2.30. The van der Waals surface area contributed by atoms with E-state index in [4.69, 9.17) is 4.74 Å². The van der Waals surface area contributed by atoms with Crippen LogP contribution in [0.15, 0.2) is 0 Å². The van der Waals surface area contributed by atoms with Crippen LogP contribution < -0.4 is 10.2 Å². The zero-order chi connectivity index (χ0) is 13.2.